The maximum absolute atomic E-state index is 12.6. The molecule has 3 N–H and O–H groups in total. The molecule has 0 radical (unpaired) electrons. The molecule has 0 rings (SSSR count). The van der Waals surface area contributed by atoms with E-state index in [0.29, 0.717) is 19.4 Å². The monoisotopic (exact) mass is 1260 g/mol. The maximum atomic E-state index is 12.6. The molecular weight excluding hydrogens is 1100 g/mol. The van der Waals surface area contributed by atoms with Crippen LogP contribution in [0.25, 0.3) is 0 Å². The number of hydrogen-bond acceptors (Lipinski definition) is 5. The number of allylic oxidation sites excluding steroid dienone is 5. The Morgan fingerprint density at radius 2 is 0.556 bits per heavy atom. The molecule has 0 saturated heterocycles. The molecule has 0 spiro atoms. The third-order valence-corrected chi connectivity index (χ3v) is 19.4. The highest BCUT2D eigenvalue weighted by atomic mass is 16.5. The fourth-order valence-corrected chi connectivity index (χ4v) is 13.1. The highest BCUT2D eigenvalue weighted by molar-refractivity contribution is 5.76. The molecule has 0 bridgehead atoms. The van der Waals surface area contributed by atoms with Gasteiger partial charge in [0.15, 0.2) is 0 Å². The van der Waals surface area contributed by atoms with Gasteiger partial charge in [-0.1, -0.05) is 423 Å². The lowest BCUT2D eigenvalue weighted by Gasteiger charge is -2.20. The molecule has 0 fully saturated rings. The zero-order valence-electron chi connectivity index (χ0n) is 61.1. The third-order valence-electron chi connectivity index (χ3n) is 19.4. The smallest absolute Gasteiger partial charge is 0.305 e. The summed E-state index contributed by atoms with van der Waals surface area (Å²) in [5.41, 5.74) is 0. The summed E-state index contributed by atoms with van der Waals surface area (Å²) in [6.45, 7) is 4.96. The molecule has 0 aromatic rings. The maximum Gasteiger partial charge on any atom is 0.305 e. The van der Waals surface area contributed by atoms with Crippen molar-refractivity contribution in [1.29, 1.82) is 0 Å². The topological polar surface area (TPSA) is 95.9 Å². The minimum Gasteiger partial charge on any atom is -0.466 e. The predicted octanol–water partition coefficient (Wildman–Crippen LogP) is 27.4. The van der Waals surface area contributed by atoms with Crippen LogP contribution in [0.5, 0.6) is 0 Å². The van der Waals surface area contributed by atoms with E-state index in [1.54, 1.807) is 6.08 Å². The Morgan fingerprint density at radius 1 is 0.311 bits per heavy atom. The number of ether oxygens (including phenoxy) is 1. The lowest BCUT2D eigenvalue weighted by atomic mass is 10.0. The van der Waals surface area contributed by atoms with Crippen molar-refractivity contribution < 1.29 is 24.5 Å². The van der Waals surface area contributed by atoms with Gasteiger partial charge in [0.25, 0.3) is 0 Å². The highest BCUT2D eigenvalue weighted by Gasteiger charge is 2.18. The zero-order valence-corrected chi connectivity index (χ0v) is 61.1. The van der Waals surface area contributed by atoms with Gasteiger partial charge in [-0.25, -0.2) is 0 Å². The van der Waals surface area contributed by atoms with Crippen LogP contribution in [0.1, 0.15) is 463 Å². The number of carbonyl (C=O) groups is 2. The minimum absolute atomic E-state index is 0.0189. The molecule has 0 saturated carbocycles. The lowest BCUT2D eigenvalue weighted by molar-refractivity contribution is -0.143. The number of hydrogen-bond donors (Lipinski definition) is 3. The SMILES string of the molecule is CCCCCCCCCCCCCCCCCCCCCCCCC/C=C/C(O)C(CO)NC(=O)CCCCCCCCCCCCCCCCCCC/C=C\C/C=C\CCCCCCCCCCCCCOC(=O)CCCCCCCCCCCCCCC. The molecule has 0 aromatic carbocycles. The molecule has 2 unspecified atom stereocenters. The Kier molecular flexibility index (Phi) is 77.8. The van der Waals surface area contributed by atoms with Crippen LogP contribution in [-0.2, 0) is 14.3 Å². The number of carbonyl (C=O) groups excluding carboxylic acids is 2. The van der Waals surface area contributed by atoms with Crippen LogP contribution in [0.15, 0.2) is 36.5 Å². The first-order valence-corrected chi connectivity index (χ1v) is 41.3. The average molecular weight is 1270 g/mol. The van der Waals surface area contributed by atoms with Crippen molar-refractivity contribution in [2.45, 2.75) is 475 Å². The zero-order chi connectivity index (χ0) is 64.9. The van der Waals surface area contributed by atoms with Gasteiger partial charge in [-0.15, -0.1) is 0 Å². The van der Waals surface area contributed by atoms with Crippen molar-refractivity contribution in [2.24, 2.45) is 0 Å². The van der Waals surface area contributed by atoms with Crippen LogP contribution < -0.4 is 5.32 Å². The van der Waals surface area contributed by atoms with Gasteiger partial charge in [0.2, 0.25) is 5.91 Å². The highest BCUT2D eigenvalue weighted by Crippen LogP contribution is 2.20. The summed E-state index contributed by atoms with van der Waals surface area (Å²) in [6.07, 6.45) is 104. The van der Waals surface area contributed by atoms with Gasteiger partial charge in [0.05, 0.1) is 25.4 Å². The summed E-state index contributed by atoms with van der Waals surface area (Å²) >= 11 is 0. The largest absolute Gasteiger partial charge is 0.466 e. The number of aliphatic hydroxyl groups is 2. The molecule has 1 amide bonds. The number of nitrogens with one attached hydrogen (secondary N) is 1. The molecule has 0 aromatic heterocycles. The first kappa shape index (κ1) is 88.1. The Balaban J connectivity index is 3.39. The molecule has 2 atom stereocenters. The quantitative estimate of drug-likeness (QED) is 0.0320. The van der Waals surface area contributed by atoms with E-state index in [1.165, 1.54) is 392 Å². The molecule has 0 aliphatic heterocycles. The van der Waals surface area contributed by atoms with Crippen molar-refractivity contribution in [2.75, 3.05) is 13.2 Å². The molecule has 0 aliphatic carbocycles. The first-order chi connectivity index (χ1) is 44.5. The summed E-state index contributed by atoms with van der Waals surface area (Å²) in [5, 5.41) is 23.3. The standard InChI is InChI=1S/C84H161NO5/c1-3-5-7-9-11-13-15-17-18-19-20-21-22-34-37-40-43-46-49-53-56-60-64-68-72-76-82(87)81(80-86)85-83(88)77-73-69-65-61-57-54-50-47-44-41-38-35-32-30-28-26-24-23-25-27-29-31-33-36-39-42-45-48-51-55-59-63-67-71-75-79-90-84(89)78-74-70-66-62-58-52-16-14-12-10-8-6-4-2/h25,27,31,33,72,76,81-82,86-87H,3-24,26,28-30,32,34-71,73-75,77-80H2,1-2H3,(H,85,88)/b27-25-,33-31-,76-72+. The van der Waals surface area contributed by atoms with E-state index in [0.717, 1.165) is 44.9 Å². The van der Waals surface area contributed by atoms with Gasteiger partial charge in [-0.3, -0.25) is 9.59 Å². The van der Waals surface area contributed by atoms with Crippen molar-refractivity contribution in [3.8, 4) is 0 Å². The van der Waals surface area contributed by atoms with E-state index in [2.05, 4.69) is 43.5 Å². The first-order valence-electron chi connectivity index (χ1n) is 41.3. The lowest BCUT2D eigenvalue weighted by Crippen LogP contribution is -2.45. The minimum atomic E-state index is -0.845. The number of rotatable bonds is 78. The van der Waals surface area contributed by atoms with E-state index >= 15 is 0 Å². The molecular formula is C84H161NO5. The van der Waals surface area contributed by atoms with Gasteiger partial charge < -0.3 is 20.3 Å². The summed E-state index contributed by atoms with van der Waals surface area (Å²) in [6, 6.07) is -0.628. The average Bonchev–Trinajstić information content (AvgIpc) is 3.70. The van der Waals surface area contributed by atoms with E-state index in [1.807, 2.05) is 6.08 Å². The van der Waals surface area contributed by atoms with Gasteiger partial charge in [-0.05, 0) is 64.2 Å². The molecule has 532 valence electrons. The third kappa shape index (κ3) is 75.1. The Morgan fingerprint density at radius 3 is 0.844 bits per heavy atom. The Bertz CT molecular complexity index is 1460. The van der Waals surface area contributed by atoms with E-state index < -0.39 is 12.1 Å². The fourth-order valence-electron chi connectivity index (χ4n) is 13.1. The second-order valence-electron chi connectivity index (χ2n) is 28.5. The molecule has 0 heterocycles. The van der Waals surface area contributed by atoms with Crippen LogP contribution >= 0.6 is 0 Å². The number of amides is 1. The van der Waals surface area contributed by atoms with Crippen LogP contribution in [0, 0.1) is 0 Å². The van der Waals surface area contributed by atoms with Gasteiger partial charge in [0, 0.05) is 12.8 Å². The second kappa shape index (κ2) is 79.5. The van der Waals surface area contributed by atoms with Crippen molar-refractivity contribution in [3.05, 3.63) is 36.5 Å². The normalized spacial score (nSPS) is 12.6. The van der Waals surface area contributed by atoms with Crippen LogP contribution in [0.3, 0.4) is 0 Å². The summed E-state index contributed by atoms with van der Waals surface area (Å²) in [7, 11) is 0. The molecule has 6 heteroatoms. The summed E-state index contributed by atoms with van der Waals surface area (Å²) < 4.78 is 5.49. The molecule has 0 aliphatic rings. The van der Waals surface area contributed by atoms with Gasteiger partial charge in [-0.2, -0.15) is 0 Å². The number of unbranched alkanes of at least 4 members (excludes halogenated alkanes) is 63. The van der Waals surface area contributed by atoms with Gasteiger partial charge in [0.1, 0.15) is 0 Å². The van der Waals surface area contributed by atoms with Crippen molar-refractivity contribution in [1.82, 2.24) is 5.32 Å². The van der Waals surface area contributed by atoms with Crippen molar-refractivity contribution >= 4 is 11.9 Å². The van der Waals surface area contributed by atoms with E-state index in [-0.39, 0.29) is 18.5 Å². The molecule has 90 heavy (non-hydrogen) atoms. The second-order valence-corrected chi connectivity index (χ2v) is 28.5. The number of aliphatic hydroxyl groups excluding tert-OH is 2. The van der Waals surface area contributed by atoms with Crippen LogP contribution in [0.2, 0.25) is 0 Å². The van der Waals surface area contributed by atoms with E-state index in [9.17, 15) is 19.8 Å². The van der Waals surface area contributed by atoms with Crippen molar-refractivity contribution in [3.63, 3.8) is 0 Å². The Hall–Kier alpha value is -1.92. The van der Waals surface area contributed by atoms with E-state index in [4.69, 9.17) is 4.74 Å². The number of esters is 1. The van der Waals surface area contributed by atoms with Crippen LogP contribution in [0.4, 0.5) is 0 Å². The summed E-state index contributed by atoms with van der Waals surface area (Å²) in [4.78, 5) is 24.6. The fraction of sp³-hybridized carbons (Fsp3) is 0.905. The summed E-state index contributed by atoms with van der Waals surface area (Å²) in [5.74, 6) is -0.0414. The van der Waals surface area contributed by atoms with Crippen LogP contribution in [-0.4, -0.2) is 47.4 Å². The Labute approximate surface area is 564 Å². The van der Waals surface area contributed by atoms with Gasteiger partial charge >= 0.3 is 5.97 Å². The predicted molar refractivity (Wildman–Crippen MR) is 398 cm³/mol. The molecule has 6 nitrogen and oxygen atoms in total.